The largest absolute Gasteiger partial charge is 0.472 e. The van der Waals surface area contributed by atoms with Gasteiger partial charge in [0.05, 0.1) is 39.9 Å². The van der Waals surface area contributed by atoms with Gasteiger partial charge in [0.1, 0.15) is 13.2 Å². The summed E-state index contributed by atoms with van der Waals surface area (Å²) in [6.07, 6.45) is 18.7. The lowest BCUT2D eigenvalue weighted by Crippen LogP contribution is -2.45. The molecule has 0 aromatic carbocycles. The Bertz CT molecular complexity index is 639. The number of aliphatic hydroxyl groups is 1. The summed E-state index contributed by atoms with van der Waals surface area (Å²) in [6.45, 7) is 4.67. The molecule has 37 heavy (non-hydrogen) atoms. The molecular formula is C28H58N2O6P+. The number of carbonyl (C=O) groups is 1. The second-order valence-corrected chi connectivity index (χ2v) is 12.6. The van der Waals surface area contributed by atoms with Crippen LogP contribution in [0.25, 0.3) is 0 Å². The predicted octanol–water partition coefficient (Wildman–Crippen LogP) is 6.12. The van der Waals surface area contributed by atoms with Crippen molar-refractivity contribution < 1.29 is 32.9 Å². The van der Waals surface area contributed by atoms with E-state index in [0.29, 0.717) is 17.4 Å². The van der Waals surface area contributed by atoms with E-state index >= 15 is 0 Å². The first-order chi connectivity index (χ1) is 17.5. The number of nitrogens with one attached hydrogen (secondary N) is 1. The van der Waals surface area contributed by atoms with Gasteiger partial charge in [-0.3, -0.25) is 13.8 Å². The minimum absolute atomic E-state index is 0.0627. The lowest BCUT2D eigenvalue weighted by molar-refractivity contribution is -0.870. The Balaban J connectivity index is 4.71. The minimum atomic E-state index is -4.30. The first kappa shape index (κ1) is 36.2. The Labute approximate surface area is 227 Å². The zero-order chi connectivity index (χ0) is 28.0. The molecule has 0 spiro atoms. The molecule has 0 radical (unpaired) electrons. The molecule has 9 heteroatoms. The van der Waals surface area contributed by atoms with Crippen LogP contribution < -0.4 is 5.32 Å². The molecule has 0 aromatic rings. The topological polar surface area (TPSA) is 105 Å². The lowest BCUT2D eigenvalue weighted by atomic mass is 10.1. The van der Waals surface area contributed by atoms with Crippen LogP contribution in [0.4, 0.5) is 0 Å². The fourth-order valence-corrected chi connectivity index (χ4v) is 4.54. The normalized spacial score (nSPS) is 15.5. The van der Waals surface area contributed by atoms with Gasteiger partial charge < -0.3 is 19.8 Å². The summed E-state index contributed by atoms with van der Waals surface area (Å²) in [5, 5.41) is 13.5. The van der Waals surface area contributed by atoms with E-state index in [0.717, 1.165) is 38.5 Å². The number of quaternary nitrogens is 1. The van der Waals surface area contributed by atoms with Crippen molar-refractivity contribution in [3.63, 3.8) is 0 Å². The van der Waals surface area contributed by atoms with Gasteiger partial charge in [0, 0.05) is 6.42 Å². The van der Waals surface area contributed by atoms with Gasteiger partial charge >= 0.3 is 7.82 Å². The standard InChI is InChI=1S/C28H57N2O6P/c1-6-8-10-12-14-16-18-20-22-28(32)29-26(27(31)21-19-17-15-13-11-9-7-2)25-36-37(33,34)35-24-23-30(3,4)5/h19,21,26-27,31H,6-18,20,22-25H2,1-5H3,(H-,29,32,33,34)/p+1/b21-19+. The highest BCUT2D eigenvalue weighted by molar-refractivity contribution is 7.47. The van der Waals surface area contributed by atoms with Gasteiger partial charge in [-0.1, -0.05) is 96.6 Å². The molecule has 0 rings (SSSR count). The Morgan fingerprint density at radius 3 is 2.00 bits per heavy atom. The monoisotopic (exact) mass is 549 g/mol. The maximum absolute atomic E-state index is 12.5. The summed E-state index contributed by atoms with van der Waals surface area (Å²) >= 11 is 0. The van der Waals surface area contributed by atoms with Crippen molar-refractivity contribution >= 4 is 13.7 Å². The van der Waals surface area contributed by atoms with E-state index in [1.165, 1.54) is 51.4 Å². The molecule has 3 N–H and O–H groups in total. The summed E-state index contributed by atoms with van der Waals surface area (Å²) < 4.78 is 23.1. The third-order valence-electron chi connectivity index (χ3n) is 6.26. The lowest BCUT2D eigenvalue weighted by Gasteiger charge is -2.25. The van der Waals surface area contributed by atoms with Crippen molar-refractivity contribution in [3.8, 4) is 0 Å². The number of hydrogen-bond donors (Lipinski definition) is 3. The Morgan fingerprint density at radius 1 is 0.892 bits per heavy atom. The number of phosphoric ester groups is 1. The molecule has 0 aliphatic rings. The van der Waals surface area contributed by atoms with Gasteiger partial charge in [-0.15, -0.1) is 0 Å². The van der Waals surface area contributed by atoms with E-state index in [-0.39, 0.29) is 19.1 Å². The van der Waals surface area contributed by atoms with E-state index in [4.69, 9.17) is 9.05 Å². The van der Waals surface area contributed by atoms with Gasteiger partial charge in [0.25, 0.3) is 0 Å². The molecule has 0 aliphatic heterocycles. The van der Waals surface area contributed by atoms with Crippen LogP contribution in [0, 0.1) is 0 Å². The number of nitrogens with zero attached hydrogens (tertiary/aromatic N) is 1. The van der Waals surface area contributed by atoms with Gasteiger partial charge in [0.15, 0.2) is 0 Å². The first-order valence-corrected chi connectivity index (χ1v) is 16.1. The quantitative estimate of drug-likeness (QED) is 0.0548. The second-order valence-electron chi connectivity index (χ2n) is 11.1. The van der Waals surface area contributed by atoms with Gasteiger partial charge in [-0.05, 0) is 19.3 Å². The van der Waals surface area contributed by atoms with Crippen molar-refractivity contribution in [2.75, 3.05) is 40.9 Å². The molecule has 0 saturated carbocycles. The summed E-state index contributed by atoms with van der Waals surface area (Å²) in [7, 11) is 1.56. The van der Waals surface area contributed by atoms with E-state index in [2.05, 4.69) is 19.2 Å². The van der Waals surface area contributed by atoms with Crippen LogP contribution in [0.15, 0.2) is 12.2 Å². The molecule has 3 atom stereocenters. The van der Waals surface area contributed by atoms with Crippen LogP contribution >= 0.6 is 7.82 Å². The van der Waals surface area contributed by atoms with E-state index < -0.39 is 20.0 Å². The SMILES string of the molecule is CCCCCCC/C=C/C(O)C(COP(=O)(O)OCC[N+](C)(C)C)NC(=O)CCCCCCCCCC. The Kier molecular flexibility index (Phi) is 21.6. The third kappa shape index (κ3) is 24.0. The molecule has 0 heterocycles. The van der Waals surface area contributed by atoms with E-state index in [1.54, 1.807) is 6.08 Å². The molecule has 8 nitrogen and oxygen atoms in total. The molecule has 0 fully saturated rings. The zero-order valence-electron chi connectivity index (χ0n) is 24.5. The summed E-state index contributed by atoms with van der Waals surface area (Å²) in [5.41, 5.74) is 0. The molecular weight excluding hydrogens is 491 g/mol. The minimum Gasteiger partial charge on any atom is -0.387 e. The van der Waals surface area contributed by atoms with Crippen LogP contribution in [-0.2, 0) is 18.4 Å². The first-order valence-electron chi connectivity index (χ1n) is 14.6. The average molecular weight is 550 g/mol. The maximum atomic E-state index is 12.5. The third-order valence-corrected chi connectivity index (χ3v) is 7.24. The number of hydrogen-bond acceptors (Lipinski definition) is 5. The Morgan fingerprint density at radius 2 is 1.43 bits per heavy atom. The smallest absolute Gasteiger partial charge is 0.387 e. The van der Waals surface area contributed by atoms with Crippen LogP contribution in [0.3, 0.4) is 0 Å². The summed E-state index contributed by atoms with van der Waals surface area (Å²) in [4.78, 5) is 22.6. The molecule has 0 aliphatic carbocycles. The molecule has 0 saturated heterocycles. The van der Waals surface area contributed by atoms with Crippen LogP contribution in [0.1, 0.15) is 110 Å². The van der Waals surface area contributed by atoms with Crippen LogP contribution in [-0.4, -0.2) is 73.4 Å². The zero-order valence-corrected chi connectivity index (χ0v) is 25.4. The number of allylic oxidation sites excluding steroid dienone is 1. The van der Waals surface area contributed by atoms with Crippen molar-refractivity contribution in [2.24, 2.45) is 0 Å². The fraction of sp³-hybridized carbons (Fsp3) is 0.893. The molecule has 3 unspecified atom stereocenters. The number of amides is 1. The molecule has 0 aromatic heterocycles. The van der Waals surface area contributed by atoms with Crippen molar-refractivity contribution in [3.05, 3.63) is 12.2 Å². The van der Waals surface area contributed by atoms with Crippen molar-refractivity contribution in [1.29, 1.82) is 0 Å². The van der Waals surface area contributed by atoms with Crippen LogP contribution in [0.2, 0.25) is 0 Å². The second kappa shape index (κ2) is 22.1. The average Bonchev–Trinajstić information content (AvgIpc) is 2.81. The highest BCUT2D eigenvalue weighted by atomic mass is 31.2. The van der Waals surface area contributed by atoms with Crippen LogP contribution in [0.5, 0.6) is 0 Å². The number of rotatable bonds is 25. The number of likely N-dealkylation sites (N-methyl/N-ethyl adjacent to an activating group) is 1. The summed E-state index contributed by atoms with van der Waals surface area (Å²) in [6, 6.07) is -0.833. The highest BCUT2D eigenvalue weighted by Gasteiger charge is 2.27. The number of unbranched alkanes of at least 4 members (excludes halogenated alkanes) is 12. The summed E-state index contributed by atoms with van der Waals surface area (Å²) in [5.74, 6) is -0.190. The van der Waals surface area contributed by atoms with Gasteiger partial charge in [-0.25, -0.2) is 4.57 Å². The van der Waals surface area contributed by atoms with Crippen molar-refractivity contribution in [2.45, 2.75) is 122 Å². The van der Waals surface area contributed by atoms with E-state index in [9.17, 15) is 19.4 Å². The Hall–Kier alpha value is -0.760. The van der Waals surface area contributed by atoms with Crippen molar-refractivity contribution in [1.82, 2.24) is 5.32 Å². The number of carbonyl (C=O) groups excluding carboxylic acids is 1. The number of phosphoric acid groups is 1. The fourth-order valence-electron chi connectivity index (χ4n) is 3.80. The molecule has 220 valence electrons. The maximum Gasteiger partial charge on any atom is 0.472 e. The predicted molar refractivity (Wildman–Crippen MR) is 152 cm³/mol. The molecule has 0 bridgehead atoms. The number of aliphatic hydroxyl groups excluding tert-OH is 1. The van der Waals surface area contributed by atoms with Gasteiger partial charge in [0.2, 0.25) is 5.91 Å². The van der Waals surface area contributed by atoms with E-state index in [1.807, 2.05) is 27.2 Å². The molecule has 1 amide bonds. The van der Waals surface area contributed by atoms with Gasteiger partial charge in [-0.2, -0.15) is 0 Å². The highest BCUT2D eigenvalue weighted by Crippen LogP contribution is 2.43.